The van der Waals surface area contributed by atoms with Crippen LogP contribution < -0.4 is 0 Å². The summed E-state index contributed by atoms with van der Waals surface area (Å²) in [6.45, 7) is 5.96. The lowest BCUT2D eigenvalue weighted by Crippen LogP contribution is -2.27. The minimum atomic E-state index is -3.34. The largest absolute Gasteiger partial charge is 0.242 e. The molecule has 0 aliphatic heterocycles. The maximum atomic E-state index is 12.0. The SMILES string of the molecule is C=CCCN(C)S(=O)(=O)c1ccc(C)cc1. The van der Waals surface area contributed by atoms with Crippen molar-refractivity contribution in [1.82, 2.24) is 4.31 Å². The summed E-state index contributed by atoms with van der Waals surface area (Å²) in [5.41, 5.74) is 1.05. The van der Waals surface area contributed by atoms with Crippen LogP contribution in [0.15, 0.2) is 41.8 Å². The van der Waals surface area contributed by atoms with Gasteiger partial charge in [-0.2, -0.15) is 0 Å². The molecule has 0 bridgehead atoms. The van der Waals surface area contributed by atoms with Gasteiger partial charge in [0.2, 0.25) is 10.0 Å². The zero-order valence-electron chi connectivity index (χ0n) is 9.68. The van der Waals surface area contributed by atoms with Crippen LogP contribution in [0.3, 0.4) is 0 Å². The molecule has 0 atom stereocenters. The van der Waals surface area contributed by atoms with Crippen LogP contribution >= 0.6 is 0 Å². The average molecular weight is 239 g/mol. The number of nitrogens with zero attached hydrogens (tertiary/aromatic N) is 1. The highest BCUT2D eigenvalue weighted by Crippen LogP contribution is 2.14. The first-order chi connectivity index (χ1) is 7.48. The van der Waals surface area contributed by atoms with E-state index in [1.54, 1.807) is 37.4 Å². The van der Waals surface area contributed by atoms with Crippen LogP contribution in [0, 0.1) is 6.92 Å². The van der Waals surface area contributed by atoms with Crippen LogP contribution in [0.2, 0.25) is 0 Å². The van der Waals surface area contributed by atoms with E-state index < -0.39 is 10.0 Å². The molecule has 88 valence electrons. The molecular weight excluding hydrogens is 222 g/mol. The van der Waals surface area contributed by atoms with E-state index >= 15 is 0 Å². The molecule has 0 saturated heterocycles. The number of hydrogen-bond donors (Lipinski definition) is 0. The summed E-state index contributed by atoms with van der Waals surface area (Å²) in [4.78, 5) is 0.338. The normalized spacial score (nSPS) is 11.7. The first kappa shape index (κ1) is 12.9. The molecule has 4 heteroatoms. The van der Waals surface area contributed by atoms with Crippen LogP contribution in [-0.2, 0) is 10.0 Å². The molecule has 16 heavy (non-hydrogen) atoms. The van der Waals surface area contributed by atoms with E-state index in [4.69, 9.17) is 0 Å². The van der Waals surface area contributed by atoms with E-state index in [9.17, 15) is 8.42 Å². The lowest BCUT2D eigenvalue weighted by molar-refractivity contribution is 0.475. The summed E-state index contributed by atoms with van der Waals surface area (Å²) < 4.78 is 25.4. The lowest BCUT2D eigenvalue weighted by atomic mass is 10.2. The fourth-order valence-corrected chi connectivity index (χ4v) is 2.47. The molecule has 0 radical (unpaired) electrons. The van der Waals surface area contributed by atoms with E-state index in [0.29, 0.717) is 17.9 Å². The van der Waals surface area contributed by atoms with Gasteiger partial charge in [0.15, 0.2) is 0 Å². The summed E-state index contributed by atoms with van der Waals surface area (Å²) in [6, 6.07) is 6.87. The predicted octanol–water partition coefficient (Wildman–Crippen LogP) is 2.19. The number of rotatable bonds is 5. The maximum Gasteiger partial charge on any atom is 0.242 e. The first-order valence-electron chi connectivity index (χ1n) is 5.12. The van der Waals surface area contributed by atoms with Crippen LogP contribution in [0.25, 0.3) is 0 Å². The fourth-order valence-electron chi connectivity index (χ4n) is 1.28. The lowest BCUT2D eigenvalue weighted by Gasteiger charge is -2.16. The van der Waals surface area contributed by atoms with Gasteiger partial charge >= 0.3 is 0 Å². The van der Waals surface area contributed by atoms with Crippen LogP contribution in [0.1, 0.15) is 12.0 Å². The molecule has 0 spiro atoms. The summed E-state index contributed by atoms with van der Waals surface area (Å²) in [7, 11) is -1.76. The number of sulfonamides is 1. The molecule has 0 aliphatic rings. The van der Waals surface area contributed by atoms with E-state index in [0.717, 1.165) is 5.56 Å². The second kappa shape index (κ2) is 5.27. The Morgan fingerprint density at radius 3 is 2.38 bits per heavy atom. The van der Waals surface area contributed by atoms with Crippen molar-refractivity contribution >= 4 is 10.0 Å². The zero-order valence-corrected chi connectivity index (χ0v) is 10.5. The second-order valence-corrected chi connectivity index (χ2v) is 5.76. The third-order valence-corrected chi connectivity index (χ3v) is 4.25. The van der Waals surface area contributed by atoms with Crippen molar-refractivity contribution < 1.29 is 8.42 Å². The molecule has 0 unspecified atom stereocenters. The molecule has 1 rings (SSSR count). The van der Waals surface area contributed by atoms with Crippen molar-refractivity contribution in [2.24, 2.45) is 0 Å². The van der Waals surface area contributed by atoms with Gasteiger partial charge in [-0.1, -0.05) is 23.8 Å². The van der Waals surface area contributed by atoms with Crippen molar-refractivity contribution in [3.63, 3.8) is 0 Å². The third-order valence-electron chi connectivity index (χ3n) is 2.38. The summed E-state index contributed by atoms with van der Waals surface area (Å²) in [6.07, 6.45) is 2.36. The fraction of sp³-hybridized carbons (Fsp3) is 0.333. The molecular formula is C12H17NO2S. The quantitative estimate of drug-likeness (QED) is 0.739. The Labute approximate surface area is 97.5 Å². The topological polar surface area (TPSA) is 37.4 Å². The number of benzene rings is 1. The number of hydrogen-bond acceptors (Lipinski definition) is 2. The van der Waals surface area contributed by atoms with Crippen molar-refractivity contribution in [3.8, 4) is 0 Å². The third kappa shape index (κ3) is 2.93. The molecule has 0 saturated carbocycles. The predicted molar refractivity (Wildman–Crippen MR) is 65.8 cm³/mol. The first-order valence-corrected chi connectivity index (χ1v) is 6.56. The monoisotopic (exact) mass is 239 g/mol. The van der Waals surface area contributed by atoms with Crippen LogP contribution in [0.5, 0.6) is 0 Å². The number of aryl methyl sites for hydroxylation is 1. The van der Waals surface area contributed by atoms with E-state index in [1.807, 2.05) is 6.92 Å². The highest BCUT2D eigenvalue weighted by atomic mass is 32.2. The molecule has 3 nitrogen and oxygen atoms in total. The van der Waals surface area contributed by atoms with E-state index in [1.165, 1.54) is 4.31 Å². The Balaban J connectivity index is 2.93. The summed E-state index contributed by atoms with van der Waals surface area (Å²) in [5, 5.41) is 0. The van der Waals surface area contributed by atoms with Gasteiger partial charge in [0.05, 0.1) is 4.90 Å². The molecule has 0 N–H and O–H groups in total. The van der Waals surface area contributed by atoms with Gasteiger partial charge in [-0.25, -0.2) is 12.7 Å². The maximum absolute atomic E-state index is 12.0. The Kier molecular flexibility index (Phi) is 4.26. The Hall–Kier alpha value is -1.13. The van der Waals surface area contributed by atoms with Gasteiger partial charge in [-0.3, -0.25) is 0 Å². The van der Waals surface area contributed by atoms with Gasteiger partial charge in [0.1, 0.15) is 0 Å². The molecule has 0 aliphatic carbocycles. The minimum absolute atomic E-state index is 0.338. The second-order valence-electron chi connectivity index (χ2n) is 3.72. The molecule has 1 aromatic rings. The van der Waals surface area contributed by atoms with Crippen molar-refractivity contribution in [3.05, 3.63) is 42.5 Å². The smallest absolute Gasteiger partial charge is 0.207 e. The van der Waals surface area contributed by atoms with Crippen molar-refractivity contribution in [2.75, 3.05) is 13.6 Å². The van der Waals surface area contributed by atoms with Crippen molar-refractivity contribution in [1.29, 1.82) is 0 Å². The standard InChI is InChI=1S/C12H17NO2S/c1-4-5-10-13(3)16(14,15)12-8-6-11(2)7-9-12/h4,6-9H,1,5,10H2,2-3H3. The Morgan fingerprint density at radius 2 is 1.88 bits per heavy atom. The summed E-state index contributed by atoms with van der Waals surface area (Å²) in [5.74, 6) is 0. The van der Waals surface area contributed by atoms with Crippen LogP contribution in [-0.4, -0.2) is 26.3 Å². The zero-order chi connectivity index (χ0) is 12.2. The van der Waals surface area contributed by atoms with Crippen molar-refractivity contribution in [2.45, 2.75) is 18.2 Å². The Bertz CT molecular complexity index is 448. The molecule has 0 aromatic heterocycles. The highest BCUT2D eigenvalue weighted by molar-refractivity contribution is 7.89. The molecule has 0 fully saturated rings. The molecule has 1 aromatic carbocycles. The highest BCUT2D eigenvalue weighted by Gasteiger charge is 2.19. The van der Waals surface area contributed by atoms with Gasteiger partial charge in [-0.15, -0.1) is 6.58 Å². The van der Waals surface area contributed by atoms with Gasteiger partial charge < -0.3 is 0 Å². The molecule has 0 amide bonds. The van der Waals surface area contributed by atoms with Crippen LogP contribution in [0.4, 0.5) is 0 Å². The van der Waals surface area contributed by atoms with Gasteiger partial charge in [-0.05, 0) is 25.5 Å². The van der Waals surface area contributed by atoms with Gasteiger partial charge in [0, 0.05) is 13.6 Å². The summed E-state index contributed by atoms with van der Waals surface area (Å²) >= 11 is 0. The average Bonchev–Trinajstić information content (AvgIpc) is 2.26. The minimum Gasteiger partial charge on any atom is -0.207 e. The van der Waals surface area contributed by atoms with E-state index in [-0.39, 0.29) is 0 Å². The van der Waals surface area contributed by atoms with Gasteiger partial charge in [0.25, 0.3) is 0 Å². The molecule has 0 heterocycles. The van der Waals surface area contributed by atoms with E-state index in [2.05, 4.69) is 6.58 Å². The Morgan fingerprint density at radius 1 is 1.31 bits per heavy atom.